The summed E-state index contributed by atoms with van der Waals surface area (Å²) in [4.78, 5) is 0. The number of benzene rings is 6. The van der Waals surface area contributed by atoms with Crippen molar-refractivity contribution in [1.29, 1.82) is 0 Å². The number of rotatable bonds is 4. The third-order valence-electron chi connectivity index (χ3n) is 7.31. The summed E-state index contributed by atoms with van der Waals surface area (Å²) in [6, 6.07) is 42.9. The molecule has 190 valence electrons. The van der Waals surface area contributed by atoms with Crippen LogP contribution >= 0.6 is 0 Å². The maximum absolute atomic E-state index is 3.49. The van der Waals surface area contributed by atoms with Crippen molar-refractivity contribution in [1.82, 2.24) is 0 Å². The average Bonchev–Trinajstić information content (AvgIpc) is 2.99. The van der Waals surface area contributed by atoms with Crippen molar-refractivity contribution in [3.63, 3.8) is 0 Å². The third-order valence-corrected chi connectivity index (χ3v) is 7.31. The Morgan fingerprint density at radius 3 is 1.18 bits per heavy atom. The maximum atomic E-state index is 3.49. The van der Waals surface area contributed by atoms with Crippen molar-refractivity contribution >= 4 is 45.8 Å². The van der Waals surface area contributed by atoms with E-state index in [1.807, 2.05) is 0 Å². The van der Waals surface area contributed by atoms with E-state index in [2.05, 4.69) is 171 Å². The van der Waals surface area contributed by atoms with Crippen molar-refractivity contribution in [3.8, 4) is 11.8 Å². The zero-order chi connectivity index (χ0) is 27.3. The van der Waals surface area contributed by atoms with Gasteiger partial charge in [-0.25, -0.2) is 0 Å². The van der Waals surface area contributed by atoms with Crippen molar-refractivity contribution in [2.24, 2.45) is 0 Å². The first kappa shape index (κ1) is 25.2. The molecule has 6 rings (SSSR count). The first-order chi connectivity index (χ1) is 19.6. The van der Waals surface area contributed by atoms with Gasteiger partial charge in [0.05, 0.1) is 0 Å². The molecule has 40 heavy (non-hydrogen) atoms. The predicted octanol–water partition coefficient (Wildman–Crippen LogP) is 10.4. The third kappa shape index (κ3) is 5.51. The van der Waals surface area contributed by atoms with Crippen LogP contribution in [0.3, 0.4) is 0 Å². The number of aryl methyl sites for hydroxylation is 2. The minimum absolute atomic E-state index is 1.04. The summed E-state index contributed by atoms with van der Waals surface area (Å²) in [6.45, 7) is 4.23. The Kier molecular flexibility index (Phi) is 7.12. The topological polar surface area (TPSA) is 0 Å². The lowest BCUT2D eigenvalue weighted by atomic mass is 9.97. The van der Waals surface area contributed by atoms with Crippen LogP contribution < -0.4 is 0 Å². The molecule has 0 atom stereocenters. The van der Waals surface area contributed by atoms with Gasteiger partial charge in [0.25, 0.3) is 0 Å². The van der Waals surface area contributed by atoms with Crippen LogP contribution in [0, 0.1) is 25.7 Å². The molecule has 0 radical (unpaired) electrons. The van der Waals surface area contributed by atoms with Gasteiger partial charge >= 0.3 is 0 Å². The SMILES string of the molecule is Cc1ccc(/C=C/c2cccc3c(C#Cc4cccc5c(/C=C/c6ccc(C)cc6)cccc45)cccc23)cc1. The standard InChI is InChI=1S/C40H30/c1-29-15-19-31(20-16-29)23-25-33-7-3-13-39-35(9-5-11-37(33)39)27-28-36-10-6-12-38-34(8-4-14-40(36)38)26-24-32-21-17-30(2)18-22-32/h3-26H,1-2H3/b25-23+,26-24+. The van der Waals surface area contributed by atoms with E-state index in [0.29, 0.717) is 0 Å². The molecule has 6 aromatic rings. The van der Waals surface area contributed by atoms with E-state index in [4.69, 9.17) is 0 Å². The number of hydrogen-bond donors (Lipinski definition) is 0. The molecule has 0 saturated heterocycles. The molecule has 0 amide bonds. The molecule has 0 aliphatic rings. The summed E-state index contributed by atoms with van der Waals surface area (Å²) in [6.07, 6.45) is 8.74. The zero-order valence-electron chi connectivity index (χ0n) is 22.9. The average molecular weight is 511 g/mol. The minimum atomic E-state index is 1.04. The molecular weight excluding hydrogens is 480 g/mol. The van der Waals surface area contributed by atoms with Crippen molar-refractivity contribution < 1.29 is 0 Å². The van der Waals surface area contributed by atoms with Crippen LogP contribution in [0.4, 0.5) is 0 Å². The lowest BCUT2D eigenvalue weighted by molar-refractivity contribution is 1.46. The molecule has 0 heterocycles. The zero-order valence-corrected chi connectivity index (χ0v) is 22.9. The van der Waals surface area contributed by atoms with Crippen LogP contribution in [-0.2, 0) is 0 Å². The first-order valence-corrected chi connectivity index (χ1v) is 13.7. The first-order valence-electron chi connectivity index (χ1n) is 13.7. The van der Waals surface area contributed by atoms with E-state index in [1.54, 1.807) is 0 Å². The summed E-state index contributed by atoms with van der Waals surface area (Å²) >= 11 is 0. The molecule has 0 unspecified atom stereocenters. The second-order valence-corrected chi connectivity index (χ2v) is 10.2. The summed E-state index contributed by atoms with van der Waals surface area (Å²) in [5.41, 5.74) is 9.39. The Morgan fingerprint density at radius 1 is 0.375 bits per heavy atom. The Hall–Kier alpha value is -5.12. The van der Waals surface area contributed by atoms with Crippen molar-refractivity contribution in [3.05, 3.63) is 166 Å². The molecule has 0 fully saturated rings. The molecular formula is C40H30. The molecule has 0 N–H and O–H groups in total. The fraction of sp³-hybridized carbons (Fsp3) is 0.0500. The molecule has 0 aliphatic carbocycles. The lowest BCUT2D eigenvalue weighted by Crippen LogP contribution is -1.85. The van der Waals surface area contributed by atoms with Gasteiger partial charge in [-0.2, -0.15) is 0 Å². The molecule has 0 spiro atoms. The van der Waals surface area contributed by atoms with E-state index in [-0.39, 0.29) is 0 Å². The van der Waals surface area contributed by atoms with E-state index in [9.17, 15) is 0 Å². The summed E-state index contributed by atoms with van der Waals surface area (Å²) in [5, 5.41) is 4.75. The second-order valence-electron chi connectivity index (χ2n) is 10.2. The van der Waals surface area contributed by atoms with Crippen molar-refractivity contribution in [2.75, 3.05) is 0 Å². The molecule has 0 heteroatoms. The van der Waals surface area contributed by atoms with Gasteiger partial charge in [-0.15, -0.1) is 0 Å². The molecule has 0 bridgehead atoms. The van der Waals surface area contributed by atoms with Gasteiger partial charge in [-0.1, -0.05) is 156 Å². The van der Waals surface area contributed by atoms with Crippen LogP contribution in [0.25, 0.3) is 45.8 Å². The van der Waals surface area contributed by atoms with Crippen LogP contribution in [0.5, 0.6) is 0 Å². The van der Waals surface area contributed by atoms with E-state index in [1.165, 1.54) is 54.9 Å². The van der Waals surface area contributed by atoms with Gasteiger partial charge in [0.1, 0.15) is 0 Å². The highest BCUT2D eigenvalue weighted by molar-refractivity contribution is 5.98. The largest absolute Gasteiger partial charge is 0.0610 e. The van der Waals surface area contributed by atoms with E-state index in [0.717, 1.165) is 11.1 Å². The van der Waals surface area contributed by atoms with Crippen LogP contribution in [-0.4, -0.2) is 0 Å². The molecule has 0 nitrogen and oxygen atoms in total. The highest BCUT2D eigenvalue weighted by Gasteiger charge is 2.04. The fourth-order valence-corrected chi connectivity index (χ4v) is 5.04. The van der Waals surface area contributed by atoms with E-state index < -0.39 is 0 Å². The van der Waals surface area contributed by atoms with Gasteiger partial charge in [0, 0.05) is 11.1 Å². The summed E-state index contributed by atoms with van der Waals surface area (Å²) in [7, 11) is 0. The van der Waals surface area contributed by atoms with Crippen LogP contribution in [0.15, 0.2) is 121 Å². The van der Waals surface area contributed by atoms with Crippen molar-refractivity contribution in [2.45, 2.75) is 13.8 Å². The molecule has 0 aromatic heterocycles. The smallest absolute Gasteiger partial charge is 0.0327 e. The maximum Gasteiger partial charge on any atom is 0.0327 e. The normalized spacial score (nSPS) is 11.3. The van der Waals surface area contributed by atoms with Gasteiger partial charge < -0.3 is 0 Å². The Morgan fingerprint density at radius 2 is 0.750 bits per heavy atom. The lowest BCUT2D eigenvalue weighted by Gasteiger charge is -2.06. The quantitative estimate of drug-likeness (QED) is 0.163. The Bertz CT molecular complexity index is 1790. The minimum Gasteiger partial charge on any atom is -0.0610 e. The van der Waals surface area contributed by atoms with Gasteiger partial charge in [-0.05, 0) is 69.8 Å². The summed E-state index contributed by atoms with van der Waals surface area (Å²) in [5.74, 6) is 6.99. The highest BCUT2D eigenvalue weighted by Crippen LogP contribution is 2.26. The van der Waals surface area contributed by atoms with Gasteiger partial charge in [0.2, 0.25) is 0 Å². The van der Waals surface area contributed by atoms with Gasteiger partial charge in [0.15, 0.2) is 0 Å². The van der Waals surface area contributed by atoms with Crippen LogP contribution in [0.2, 0.25) is 0 Å². The van der Waals surface area contributed by atoms with E-state index >= 15 is 0 Å². The molecule has 0 saturated carbocycles. The monoisotopic (exact) mass is 510 g/mol. The summed E-state index contributed by atoms with van der Waals surface area (Å²) < 4.78 is 0. The highest BCUT2D eigenvalue weighted by atomic mass is 14.1. The molecule has 6 aromatic carbocycles. The fourth-order valence-electron chi connectivity index (χ4n) is 5.04. The number of hydrogen-bond acceptors (Lipinski definition) is 0. The predicted molar refractivity (Wildman–Crippen MR) is 174 cm³/mol. The van der Waals surface area contributed by atoms with Crippen LogP contribution in [0.1, 0.15) is 44.5 Å². The number of fused-ring (bicyclic) bond motifs is 2. The Balaban J connectivity index is 1.34. The second kappa shape index (κ2) is 11.3. The molecule has 0 aliphatic heterocycles. The van der Waals surface area contributed by atoms with Gasteiger partial charge in [-0.3, -0.25) is 0 Å². The Labute approximate surface area is 237 Å².